The maximum absolute atomic E-state index is 12.1. The topological polar surface area (TPSA) is 60.8 Å². The van der Waals surface area contributed by atoms with Crippen LogP contribution in [0.1, 0.15) is 10.4 Å². The Morgan fingerprint density at radius 1 is 1.18 bits per heavy atom. The minimum atomic E-state index is -0.361. The highest BCUT2D eigenvalue weighted by Gasteiger charge is 2.18. The van der Waals surface area contributed by atoms with E-state index in [2.05, 4.69) is 0 Å². The van der Waals surface area contributed by atoms with Crippen LogP contribution < -0.4 is 0 Å². The number of hydrogen-bond donors (Lipinski definition) is 2. The summed E-state index contributed by atoms with van der Waals surface area (Å²) >= 11 is 11.7. The van der Waals surface area contributed by atoms with Crippen LogP contribution in [0, 0.1) is 0 Å². The van der Waals surface area contributed by atoms with Crippen molar-refractivity contribution in [3.8, 4) is 0 Å². The van der Waals surface area contributed by atoms with E-state index in [1.165, 1.54) is 4.90 Å². The Bertz CT molecular complexity index is 392. The van der Waals surface area contributed by atoms with Gasteiger partial charge in [0.05, 0.1) is 28.8 Å². The summed E-state index contributed by atoms with van der Waals surface area (Å²) in [6.45, 7) is -0.0711. The lowest BCUT2D eigenvalue weighted by Gasteiger charge is -2.21. The molecule has 1 aromatic rings. The predicted molar refractivity (Wildman–Crippen MR) is 66.5 cm³/mol. The summed E-state index contributed by atoms with van der Waals surface area (Å²) in [5.74, 6) is -0.361. The van der Waals surface area contributed by atoms with Gasteiger partial charge >= 0.3 is 0 Å². The molecule has 0 atom stereocenters. The van der Waals surface area contributed by atoms with Gasteiger partial charge in [-0.05, 0) is 12.1 Å². The zero-order valence-electron chi connectivity index (χ0n) is 9.07. The lowest BCUT2D eigenvalue weighted by atomic mass is 10.2. The van der Waals surface area contributed by atoms with Gasteiger partial charge in [0.2, 0.25) is 0 Å². The molecule has 0 spiro atoms. The number of amides is 1. The number of aliphatic hydroxyl groups excluding tert-OH is 2. The average molecular weight is 278 g/mol. The number of nitrogens with zero attached hydrogens (tertiary/aromatic N) is 1. The van der Waals surface area contributed by atoms with Gasteiger partial charge in [-0.3, -0.25) is 4.79 Å². The quantitative estimate of drug-likeness (QED) is 0.856. The van der Waals surface area contributed by atoms with Gasteiger partial charge in [0.25, 0.3) is 5.91 Å². The molecule has 17 heavy (non-hydrogen) atoms. The zero-order chi connectivity index (χ0) is 12.8. The minimum absolute atomic E-state index is 0.141. The standard InChI is InChI=1S/C11H13Cl2NO3/c12-9-3-1-2-8(10(9)13)11(17)14(4-6-15)5-7-16/h1-3,15-16H,4-7H2. The molecule has 0 saturated carbocycles. The molecule has 0 radical (unpaired) electrons. The van der Waals surface area contributed by atoms with Crippen molar-refractivity contribution < 1.29 is 15.0 Å². The Morgan fingerprint density at radius 3 is 2.29 bits per heavy atom. The van der Waals surface area contributed by atoms with E-state index in [4.69, 9.17) is 33.4 Å². The van der Waals surface area contributed by atoms with Gasteiger partial charge in [0.1, 0.15) is 0 Å². The first kappa shape index (κ1) is 14.3. The summed E-state index contributed by atoms with van der Waals surface area (Å²) in [6, 6.07) is 4.76. The summed E-state index contributed by atoms with van der Waals surface area (Å²) in [7, 11) is 0. The monoisotopic (exact) mass is 277 g/mol. The highest BCUT2D eigenvalue weighted by molar-refractivity contribution is 6.43. The number of carbonyl (C=O) groups is 1. The van der Waals surface area contributed by atoms with E-state index in [0.717, 1.165) is 0 Å². The number of benzene rings is 1. The maximum Gasteiger partial charge on any atom is 0.255 e. The van der Waals surface area contributed by atoms with Gasteiger partial charge in [0.15, 0.2) is 0 Å². The molecule has 1 rings (SSSR count). The summed E-state index contributed by atoms with van der Waals surface area (Å²) in [4.78, 5) is 13.4. The van der Waals surface area contributed by atoms with Gasteiger partial charge in [-0.25, -0.2) is 0 Å². The Balaban J connectivity index is 2.96. The summed E-state index contributed by atoms with van der Waals surface area (Å²) < 4.78 is 0. The number of aliphatic hydroxyl groups is 2. The zero-order valence-corrected chi connectivity index (χ0v) is 10.6. The molecule has 2 N–H and O–H groups in total. The van der Waals surface area contributed by atoms with Gasteiger partial charge in [-0.2, -0.15) is 0 Å². The fourth-order valence-corrected chi connectivity index (χ4v) is 1.78. The largest absolute Gasteiger partial charge is 0.395 e. The van der Waals surface area contributed by atoms with Crippen molar-refractivity contribution >= 4 is 29.1 Å². The summed E-state index contributed by atoms with van der Waals surface area (Å²) in [5.41, 5.74) is 0.265. The van der Waals surface area contributed by atoms with E-state index in [0.29, 0.717) is 5.02 Å². The third kappa shape index (κ3) is 3.57. The van der Waals surface area contributed by atoms with Gasteiger partial charge in [-0.15, -0.1) is 0 Å². The van der Waals surface area contributed by atoms with Crippen molar-refractivity contribution in [2.45, 2.75) is 0 Å². The van der Waals surface area contributed by atoms with E-state index in [1.807, 2.05) is 0 Å². The van der Waals surface area contributed by atoms with Crippen LogP contribution in [0.4, 0.5) is 0 Å². The van der Waals surface area contributed by atoms with Gasteiger partial charge in [0, 0.05) is 13.1 Å². The van der Waals surface area contributed by atoms with Gasteiger partial charge < -0.3 is 15.1 Å². The highest BCUT2D eigenvalue weighted by Crippen LogP contribution is 2.26. The van der Waals surface area contributed by atoms with Crippen molar-refractivity contribution in [1.29, 1.82) is 0 Å². The molecule has 0 aliphatic carbocycles. The SMILES string of the molecule is O=C(c1cccc(Cl)c1Cl)N(CCO)CCO. The van der Waals surface area contributed by atoms with Gasteiger partial charge in [-0.1, -0.05) is 29.3 Å². The molecule has 1 amide bonds. The van der Waals surface area contributed by atoms with Crippen LogP contribution in [0.25, 0.3) is 0 Å². The van der Waals surface area contributed by atoms with E-state index < -0.39 is 0 Å². The highest BCUT2D eigenvalue weighted by atomic mass is 35.5. The van der Waals surface area contributed by atoms with Crippen LogP contribution in [-0.4, -0.2) is 47.3 Å². The number of hydrogen-bond acceptors (Lipinski definition) is 3. The lowest BCUT2D eigenvalue weighted by molar-refractivity contribution is 0.0685. The first-order valence-corrected chi connectivity index (χ1v) is 5.82. The van der Waals surface area contributed by atoms with Crippen LogP contribution >= 0.6 is 23.2 Å². The second kappa shape index (κ2) is 6.81. The molecule has 0 unspecified atom stereocenters. The van der Waals surface area contributed by atoms with E-state index in [9.17, 15) is 4.79 Å². The molecule has 0 saturated heterocycles. The lowest BCUT2D eigenvalue weighted by Crippen LogP contribution is -2.36. The number of halogens is 2. The van der Waals surface area contributed by atoms with Crippen molar-refractivity contribution in [3.63, 3.8) is 0 Å². The van der Waals surface area contributed by atoms with Crippen molar-refractivity contribution in [3.05, 3.63) is 33.8 Å². The minimum Gasteiger partial charge on any atom is -0.395 e. The molecule has 0 aromatic heterocycles. The average Bonchev–Trinajstić information content (AvgIpc) is 2.31. The Kier molecular flexibility index (Phi) is 5.71. The Hall–Kier alpha value is -0.810. The predicted octanol–water partition coefficient (Wildman–Crippen LogP) is 1.42. The molecule has 4 nitrogen and oxygen atoms in total. The van der Waals surface area contributed by atoms with Crippen LogP contribution in [0.5, 0.6) is 0 Å². The molecule has 1 aromatic carbocycles. The first-order chi connectivity index (χ1) is 8.11. The molecule has 6 heteroatoms. The van der Waals surface area contributed by atoms with Crippen molar-refractivity contribution in [2.75, 3.05) is 26.3 Å². The van der Waals surface area contributed by atoms with Crippen molar-refractivity contribution in [1.82, 2.24) is 4.90 Å². The van der Waals surface area contributed by atoms with Crippen LogP contribution in [0.2, 0.25) is 10.0 Å². The van der Waals surface area contributed by atoms with Crippen LogP contribution in [-0.2, 0) is 0 Å². The van der Waals surface area contributed by atoms with E-state index in [1.54, 1.807) is 18.2 Å². The second-order valence-electron chi connectivity index (χ2n) is 3.34. The molecule has 0 fully saturated rings. The number of rotatable bonds is 5. The Labute approximate surface area is 109 Å². The van der Waals surface area contributed by atoms with E-state index >= 15 is 0 Å². The molecular formula is C11H13Cl2NO3. The molecular weight excluding hydrogens is 265 g/mol. The third-order valence-corrected chi connectivity index (χ3v) is 3.03. The first-order valence-electron chi connectivity index (χ1n) is 5.06. The second-order valence-corrected chi connectivity index (χ2v) is 4.13. The molecule has 0 bridgehead atoms. The number of carbonyl (C=O) groups excluding carboxylic acids is 1. The fraction of sp³-hybridized carbons (Fsp3) is 0.364. The third-order valence-electron chi connectivity index (χ3n) is 2.21. The normalized spacial score (nSPS) is 10.4. The van der Waals surface area contributed by atoms with Crippen molar-refractivity contribution in [2.24, 2.45) is 0 Å². The maximum atomic E-state index is 12.1. The van der Waals surface area contributed by atoms with Crippen LogP contribution in [0.3, 0.4) is 0 Å². The van der Waals surface area contributed by atoms with Crippen LogP contribution in [0.15, 0.2) is 18.2 Å². The smallest absolute Gasteiger partial charge is 0.255 e. The summed E-state index contributed by atoms with van der Waals surface area (Å²) in [5, 5.41) is 18.2. The Morgan fingerprint density at radius 2 is 1.76 bits per heavy atom. The molecule has 94 valence electrons. The molecule has 0 aliphatic heterocycles. The molecule has 0 heterocycles. The summed E-state index contributed by atoms with van der Waals surface area (Å²) in [6.07, 6.45) is 0. The molecule has 0 aliphatic rings. The van der Waals surface area contributed by atoms with E-state index in [-0.39, 0.29) is 42.8 Å². The fourth-order valence-electron chi connectivity index (χ4n) is 1.40.